The minimum absolute atomic E-state index is 0.166. The second kappa shape index (κ2) is 5.19. The molecule has 2 aliphatic rings. The van der Waals surface area contributed by atoms with Crippen LogP contribution in [-0.2, 0) is 0 Å². The van der Waals surface area contributed by atoms with Gasteiger partial charge in [0.05, 0.1) is 4.92 Å². The first-order valence-electron chi connectivity index (χ1n) is 7.23. The van der Waals surface area contributed by atoms with Crippen molar-refractivity contribution < 1.29 is 4.92 Å². The number of rotatable bonds is 4. The van der Waals surface area contributed by atoms with Gasteiger partial charge in [-0.05, 0) is 43.6 Å². The molecule has 0 aliphatic heterocycles. The Kier molecular flexibility index (Phi) is 3.40. The highest BCUT2D eigenvalue weighted by Crippen LogP contribution is 2.44. The van der Waals surface area contributed by atoms with Gasteiger partial charge in [-0.25, -0.2) is 0 Å². The molecule has 0 aromatic heterocycles. The third-order valence-electron chi connectivity index (χ3n) is 4.43. The molecule has 0 saturated heterocycles. The molecule has 0 spiro atoms. The fourth-order valence-electron chi connectivity index (χ4n) is 3.30. The summed E-state index contributed by atoms with van der Waals surface area (Å²) in [5, 5.41) is 14.3. The minimum atomic E-state index is -0.334. The Labute approximate surface area is 113 Å². The first kappa shape index (κ1) is 12.5. The molecule has 2 unspecified atom stereocenters. The molecular weight excluding hydrogens is 240 g/mol. The lowest BCUT2D eigenvalue weighted by Gasteiger charge is -2.30. The SMILES string of the molecule is O=[N+]([O-])c1cccc(NC2CCCC(C3CC3)C2)c1. The van der Waals surface area contributed by atoms with Crippen LogP contribution in [-0.4, -0.2) is 11.0 Å². The number of hydrogen-bond donors (Lipinski definition) is 1. The minimum Gasteiger partial charge on any atom is -0.382 e. The highest BCUT2D eigenvalue weighted by Gasteiger charge is 2.34. The van der Waals surface area contributed by atoms with E-state index in [-0.39, 0.29) is 10.6 Å². The normalized spacial score (nSPS) is 26.9. The van der Waals surface area contributed by atoms with E-state index in [2.05, 4.69) is 5.32 Å². The summed E-state index contributed by atoms with van der Waals surface area (Å²) in [6.07, 6.45) is 7.90. The van der Waals surface area contributed by atoms with Crippen molar-refractivity contribution in [2.75, 3.05) is 5.32 Å². The molecule has 1 aromatic rings. The summed E-state index contributed by atoms with van der Waals surface area (Å²) in [5.41, 5.74) is 1.05. The summed E-state index contributed by atoms with van der Waals surface area (Å²) < 4.78 is 0. The number of benzene rings is 1. The predicted molar refractivity (Wildman–Crippen MR) is 75.2 cm³/mol. The molecule has 0 radical (unpaired) electrons. The fraction of sp³-hybridized carbons (Fsp3) is 0.600. The number of hydrogen-bond acceptors (Lipinski definition) is 3. The van der Waals surface area contributed by atoms with Gasteiger partial charge in [-0.2, -0.15) is 0 Å². The number of nitro groups is 1. The van der Waals surface area contributed by atoms with Crippen molar-refractivity contribution in [3.8, 4) is 0 Å². The van der Waals surface area contributed by atoms with Gasteiger partial charge in [0.25, 0.3) is 5.69 Å². The molecule has 102 valence electrons. The quantitative estimate of drug-likeness (QED) is 0.658. The van der Waals surface area contributed by atoms with Crippen LogP contribution in [0.25, 0.3) is 0 Å². The van der Waals surface area contributed by atoms with Crippen LogP contribution in [0.2, 0.25) is 0 Å². The van der Waals surface area contributed by atoms with E-state index in [1.165, 1.54) is 38.5 Å². The molecule has 4 nitrogen and oxygen atoms in total. The van der Waals surface area contributed by atoms with Gasteiger partial charge in [-0.15, -0.1) is 0 Å². The molecule has 1 N–H and O–H groups in total. The van der Waals surface area contributed by atoms with Gasteiger partial charge in [0, 0.05) is 23.9 Å². The van der Waals surface area contributed by atoms with Crippen molar-refractivity contribution >= 4 is 11.4 Å². The van der Waals surface area contributed by atoms with Crippen LogP contribution < -0.4 is 5.32 Å². The summed E-state index contributed by atoms with van der Waals surface area (Å²) in [6, 6.07) is 7.34. The van der Waals surface area contributed by atoms with E-state index in [4.69, 9.17) is 0 Å². The molecule has 0 heterocycles. The number of nitro benzene ring substituents is 1. The van der Waals surface area contributed by atoms with Crippen molar-refractivity contribution in [2.24, 2.45) is 11.8 Å². The van der Waals surface area contributed by atoms with Crippen molar-refractivity contribution in [1.29, 1.82) is 0 Å². The monoisotopic (exact) mass is 260 g/mol. The lowest BCUT2D eigenvalue weighted by atomic mass is 9.82. The number of anilines is 1. The van der Waals surface area contributed by atoms with E-state index >= 15 is 0 Å². The highest BCUT2D eigenvalue weighted by atomic mass is 16.6. The zero-order chi connectivity index (χ0) is 13.2. The van der Waals surface area contributed by atoms with E-state index in [1.807, 2.05) is 6.07 Å². The molecular formula is C15H20N2O2. The third-order valence-corrected chi connectivity index (χ3v) is 4.43. The van der Waals surface area contributed by atoms with Crippen LogP contribution in [0.5, 0.6) is 0 Å². The van der Waals surface area contributed by atoms with Gasteiger partial charge in [0.1, 0.15) is 0 Å². The third kappa shape index (κ3) is 3.06. The van der Waals surface area contributed by atoms with Gasteiger partial charge in [-0.3, -0.25) is 10.1 Å². The first-order chi connectivity index (χ1) is 9.22. The molecule has 2 aliphatic carbocycles. The van der Waals surface area contributed by atoms with Crippen molar-refractivity contribution in [2.45, 2.75) is 44.6 Å². The second-order valence-electron chi connectivity index (χ2n) is 5.91. The lowest BCUT2D eigenvalue weighted by molar-refractivity contribution is -0.384. The first-order valence-corrected chi connectivity index (χ1v) is 7.23. The van der Waals surface area contributed by atoms with Crippen molar-refractivity contribution in [1.82, 2.24) is 0 Å². The number of nitrogens with one attached hydrogen (secondary N) is 1. The van der Waals surface area contributed by atoms with Crippen LogP contribution >= 0.6 is 0 Å². The zero-order valence-corrected chi connectivity index (χ0v) is 11.0. The van der Waals surface area contributed by atoms with Gasteiger partial charge >= 0.3 is 0 Å². The number of non-ortho nitro benzene ring substituents is 1. The Morgan fingerprint density at radius 2 is 2.00 bits per heavy atom. The molecule has 3 rings (SSSR count). The lowest BCUT2D eigenvalue weighted by Crippen LogP contribution is -2.28. The van der Waals surface area contributed by atoms with Crippen LogP contribution in [0.3, 0.4) is 0 Å². The molecule has 0 bridgehead atoms. The van der Waals surface area contributed by atoms with Crippen LogP contribution in [0.15, 0.2) is 24.3 Å². The molecule has 19 heavy (non-hydrogen) atoms. The maximum Gasteiger partial charge on any atom is 0.271 e. The summed E-state index contributed by atoms with van der Waals surface area (Å²) in [6.45, 7) is 0. The molecule has 1 aromatic carbocycles. The maximum absolute atomic E-state index is 10.8. The number of nitrogens with zero attached hydrogens (tertiary/aromatic N) is 1. The molecule has 2 saturated carbocycles. The fourth-order valence-corrected chi connectivity index (χ4v) is 3.30. The zero-order valence-electron chi connectivity index (χ0n) is 11.0. The van der Waals surface area contributed by atoms with Crippen molar-refractivity contribution in [3.05, 3.63) is 34.4 Å². The largest absolute Gasteiger partial charge is 0.382 e. The Morgan fingerprint density at radius 1 is 1.16 bits per heavy atom. The summed E-state index contributed by atoms with van der Waals surface area (Å²) in [7, 11) is 0. The second-order valence-corrected chi connectivity index (χ2v) is 5.91. The van der Waals surface area contributed by atoms with Gasteiger partial charge in [-0.1, -0.05) is 18.9 Å². The van der Waals surface area contributed by atoms with Crippen LogP contribution in [0.1, 0.15) is 38.5 Å². The summed E-state index contributed by atoms with van der Waals surface area (Å²) in [4.78, 5) is 10.4. The van der Waals surface area contributed by atoms with Gasteiger partial charge in [0.2, 0.25) is 0 Å². The van der Waals surface area contributed by atoms with E-state index in [1.54, 1.807) is 18.2 Å². The van der Waals surface area contributed by atoms with E-state index < -0.39 is 0 Å². The molecule has 0 amide bonds. The maximum atomic E-state index is 10.8. The van der Waals surface area contributed by atoms with Gasteiger partial charge in [0.15, 0.2) is 0 Å². The Hall–Kier alpha value is -1.58. The Balaban J connectivity index is 1.63. The van der Waals surface area contributed by atoms with Crippen LogP contribution in [0, 0.1) is 22.0 Å². The summed E-state index contributed by atoms with van der Waals surface area (Å²) in [5.74, 6) is 1.85. The average Bonchev–Trinajstić information content (AvgIpc) is 3.23. The van der Waals surface area contributed by atoms with Crippen molar-refractivity contribution in [3.63, 3.8) is 0 Å². The Bertz CT molecular complexity index is 471. The molecule has 2 atom stereocenters. The summed E-state index contributed by atoms with van der Waals surface area (Å²) >= 11 is 0. The van der Waals surface area contributed by atoms with E-state index in [0.717, 1.165) is 17.5 Å². The standard InChI is InChI=1S/C15H20N2O2/c18-17(19)15-6-2-5-14(10-15)16-13-4-1-3-12(9-13)11-7-8-11/h2,5-6,10-13,16H,1,3-4,7-9H2. The van der Waals surface area contributed by atoms with E-state index in [0.29, 0.717) is 6.04 Å². The smallest absolute Gasteiger partial charge is 0.271 e. The highest BCUT2D eigenvalue weighted by molar-refractivity contribution is 5.51. The van der Waals surface area contributed by atoms with Gasteiger partial charge < -0.3 is 5.32 Å². The Morgan fingerprint density at radius 3 is 2.74 bits per heavy atom. The van der Waals surface area contributed by atoms with Crippen LogP contribution in [0.4, 0.5) is 11.4 Å². The average molecular weight is 260 g/mol. The van der Waals surface area contributed by atoms with E-state index in [9.17, 15) is 10.1 Å². The molecule has 2 fully saturated rings. The topological polar surface area (TPSA) is 55.2 Å². The predicted octanol–water partition coefficient (Wildman–Crippen LogP) is 3.98. The molecule has 4 heteroatoms.